The van der Waals surface area contributed by atoms with E-state index in [9.17, 15) is 9.59 Å². The van der Waals surface area contributed by atoms with Crippen LogP contribution >= 0.6 is 0 Å². The number of ether oxygens (including phenoxy) is 1. The van der Waals surface area contributed by atoms with E-state index in [1.807, 2.05) is 97.1 Å². The first kappa shape index (κ1) is 21.2. The first-order valence-electron chi connectivity index (χ1n) is 11.7. The predicted molar refractivity (Wildman–Crippen MR) is 136 cm³/mol. The molecule has 1 aliphatic carbocycles. The summed E-state index contributed by atoms with van der Waals surface area (Å²) in [7, 11) is 1.64. The van der Waals surface area contributed by atoms with Crippen LogP contribution in [-0.4, -0.2) is 30.2 Å². The molecular weight excluding hydrogens is 436 g/mol. The van der Waals surface area contributed by atoms with Gasteiger partial charge in [-0.3, -0.25) is 9.59 Å². The Labute approximate surface area is 204 Å². The van der Waals surface area contributed by atoms with Crippen molar-refractivity contribution in [3.05, 3.63) is 119 Å². The summed E-state index contributed by atoms with van der Waals surface area (Å²) in [6, 6.07) is 30.7. The van der Waals surface area contributed by atoms with E-state index >= 15 is 0 Å². The van der Waals surface area contributed by atoms with Gasteiger partial charge in [0.2, 0.25) is 11.4 Å². The highest BCUT2D eigenvalue weighted by Gasteiger charge is 2.55. The third-order valence-electron chi connectivity index (χ3n) is 7.01. The van der Waals surface area contributed by atoms with Crippen LogP contribution in [0.15, 0.2) is 97.1 Å². The van der Waals surface area contributed by atoms with Crippen molar-refractivity contribution in [3.63, 3.8) is 0 Å². The zero-order valence-corrected chi connectivity index (χ0v) is 19.3. The standard InChI is InChI=1S/C30H24N2O3/c1-35-21-16-14-20(15-17-21)18-19-32-29(34)25-11-5-7-13-27(25)31-30(32)26-12-6-4-9-23(26)22-8-2-3-10-24(22)28(30)33/h2-17,31H,18-19H2,1H3. The van der Waals surface area contributed by atoms with Crippen molar-refractivity contribution in [3.8, 4) is 16.9 Å². The van der Waals surface area contributed by atoms with Crippen molar-refractivity contribution < 1.29 is 14.3 Å². The molecule has 1 atom stereocenters. The summed E-state index contributed by atoms with van der Waals surface area (Å²) < 4.78 is 5.28. The Hall–Kier alpha value is -4.38. The molecule has 1 unspecified atom stereocenters. The van der Waals surface area contributed by atoms with E-state index in [4.69, 9.17) is 4.74 Å². The van der Waals surface area contributed by atoms with Gasteiger partial charge in [0.15, 0.2) is 0 Å². The molecule has 4 aromatic carbocycles. The van der Waals surface area contributed by atoms with Gasteiger partial charge in [0, 0.05) is 23.4 Å². The van der Waals surface area contributed by atoms with Crippen LogP contribution in [0.4, 0.5) is 5.69 Å². The number of ketones is 1. The van der Waals surface area contributed by atoms with Gasteiger partial charge in [-0.2, -0.15) is 0 Å². The molecule has 4 aromatic rings. The van der Waals surface area contributed by atoms with E-state index in [0.717, 1.165) is 28.0 Å². The molecule has 0 fully saturated rings. The van der Waals surface area contributed by atoms with Crippen LogP contribution in [0.3, 0.4) is 0 Å². The number of carbonyl (C=O) groups is 2. The quantitative estimate of drug-likeness (QED) is 0.436. The molecule has 6 rings (SSSR count). The maximum absolute atomic E-state index is 14.3. The van der Waals surface area contributed by atoms with E-state index < -0.39 is 5.66 Å². The molecule has 0 bridgehead atoms. The van der Waals surface area contributed by atoms with E-state index in [1.54, 1.807) is 12.0 Å². The Kier molecular flexibility index (Phi) is 4.92. The SMILES string of the molecule is COc1ccc(CCN2C(=O)c3ccccc3NC23C(=O)c2ccccc2-c2ccccc23)cc1. The number of carbonyl (C=O) groups excluding carboxylic acids is 2. The normalized spacial score (nSPS) is 17.9. The van der Waals surface area contributed by atoms with Gasteiger partial charge in [-0.15, -0.1) is 0 Å². The maximum atomic E-state index is 14.3. The number of Topliss-reactive ketones (excluding diaryl/α,β-unsaturated/α-hetero) is 1. The molecule has 172 valence electrons. The molecule has 1 amide bonds. The molecule has 1 spiro atoms. The van der Waals surface area contributed by atoms with Crippen LogP contribution < -0.4 is 10.1 Å². The van der Waals surface area contributed by atoms with Gasteiger partial charge in [-0.25, -0.2) is 0 Å². The number of nitrogens with zero attached hydrogens (tertiary/aromatic N) is 1. The number of rotatable bonds is 4. The first-order valence-corrected chi connectivity index (χ1v) is 11.7. The third kappa shape index (κ3) is 3.16. The van der Waals surface area contributed by atoms with Crippen LogP contribution in [0.1, 0.15) is 31.8 Å². The average molecular weight is 461 g/mol. The lowest BCUT2D eigenvalue weighted by atomic mass is 9.75. The largest absolute Gasteiger partial charge is 0.497 e. The van der Waals surface area contributed by atoms with Crippen molar-refractivity contribution in [1.82, 2.24) is 4.90 Å². The number of anilines is 1. The van der Waals surface area contributed by atoms with Gasteiger partial charge in [-0.1, -0.05) is 72.8 Å². The Morgan fingerprint density at radius 2 is 1.37 bits per heavy atom. The van der Waals surface area contributed by atoms with Crippen molar-refractivity contribution in [2.24, 2.45) is 0 Å². The lowest BCUT2D eigenvalue weighted by Gasteiger charge is -2.50. The van der Waals surface area contributed by atoms with Gasteiger partial charge in [0.25, 0.3) is 5.91 Å². The minimum absolute atomic E-state index is 0.121. The monoisotopic (exact) mass is 460 g/mol. The molecule has 1 heterocycles. The maximum Gasteiger partial charge on any atom is 0.258 e. The summed E-state index contributed by atoms with van der Waals surface area (Å²) >= 11 is 0. The van der Waals surface area contributed by atoms with Crippen LogP contribution in [-0.2, 0) is 12.1 Å². The Morgan fingerprint density at radius 1 is 0.743 bits per heavy atom. The number of hydrogen-bond donors (Lipinski definition) is 1. The Balaban J connectivity index is 1.52. The summed E-state index contributed by atoms with van der Waals surface area (Å²) in [5.41, 5.74) is 4.21. The third-order valence-corrected chi connectivity index (χ3v) is 7.01. The minimum Gasteiger partial charge on any atom is -0.497 e. The highest BCUT2D eigenvalue weighted by molar-refractivity contribution is 6.17. The molecule has 2 aliphatic rings. The molecule has 5 nitrogen and oxygen atoms in total. The fourth-order valence-electron chi connectivity index (χ4n) is 5.30. The highest BCUT2D eigenvalue weighted by Crippen LogP contribution is 2.48. The molecule has 0 radical (unpaired) electrons. The second-order valence-corrected chi connectivity index (χ2v) is 8.86. The van der Waals surface area contributed by atoms with Gasteiger partial charge in [0.1, 0.15) is 5.75 Å². The van der Waals surface area contributed by atoms with E-state index in [0.29, 0.717) is 29.8 Å². The van der Waals surface area contributed by atoms with Crippen LogP contribution in [0.5, 0.6) is 5.75 Å². The number of benzene rings is 4. The average Bonchev–Trinajstić information content (AvgIpc) is 2.92. The highest BCUT2D eigenvalue weighted by atomic mass is 16.5. The molecular formula is C30H24N2O3. The van der Waals surface area contributed by atoms with E-state index in [2.05, 4.69) is 5.32 Å². The summed E-state index contributed by atoms with van der Waals surface area (Å²) in [6.07, 6.45) is 0.596. The lowest BCUT2D eigenvalue weighted by molar-refractivity contribution is 0.0431. The smallest absolute Gasteiger partial charge is 0.258 e. The zero-order valence-electron chi connectivity index (χ0n) is 19.3. The van der Waals surface area contributed by atoms with Crippen molar-refractivity contribution in [1.29, 1.82) is 0 Å². The first-order chi connectivity index (χ1) is 17.1. The van der Waals surface area contributed by atoms with Crippen LogP contribution in [0.25, 0.3) is 11.1 Å². The van der Waals surface area contributed by atoms with E-state index in [-0.39, 0.29) is 11.7 Å². The van der Waals surface area contributed by atoms with Gasteiger partial charge < -0.3 is 15.0 Å². The molecule has 5 heteroatoms. The summed E-state index contributed by atoms with van der Waals surface area (Å²) in [6.45, 7) is 0.370. The summed E-state index contributed by atoms with van der Waals surface area (Å²) in [4.78, 5) is 30.1. The van der Waals surface area contributed by atoms with Gasteiger partial charge >= 0.3 is 0 Å². The Bertz CT molecular complexity index is 1460. The number of nitrogens with one attached hydrogen (secondary N) is 1. The number of hydrogen-bond acceptors (Lipinski definition) is 4. The van der Waals surface area contributed by atoms with E-state index in [1.165, 1.54) is 0 Å². The zero-order chi connectivity index (χ0) is 24.0. The lowest BCUT2D eigenvalue weighted by Crippen LogP contribution is -2.63. The minimum atomic E-state index is -1.33. The number of methoxy groups -OCH3 is 1. The molecule has 1 N–H and O–H groups in total. The van der Waals surface area contributed by atoms with Gasteiger partial charge in [0.05, 0.1) is 12.7 Å². The summed E-state index contributed by atoms with van der Waals surface area (Å²) in [5, 5.41) is 3.53. The number of amides is 1. The molecule has 0 saturated carbocycles. The molecule has 35 heavy (non-hydrogen) atoms. The van der Waals surface area contributed by atoms with Crippen LogP contribution in [0, 0.1) is 0 Å². The molecule has 0 aromatic heterocycles. The van der Waals surface area contributed by atoms with Crippen LogP contribution in [0.2, 0.25) is 0 Å². The number of para-hydroxylation sites is 1. The Morgan fingerprint density at radius 3 is 2.11 bits per heavy atom. The molecule has 1 aliphatic heterocycles. The summed E-state index contributed by atoms with van der Waals surface area (Å²) in [5.74, 6) is 0.502. The topological polar surface area (TPSA) is 58.6 Å². The predicted octanol–water partition coefficient (Wildman–Crippen LogP) is 5.52. The second kappa shape index (κ2) is 8.13. The fourth-order valence-corrected chi connectivity index (χ4v) is 5.30. The van der Waals surface area contributed by atoms with Gasteiger partial charge in [-0.05, 0) is 47.4 Å². The second-order valence-electron chi connectivity index (χ2n) is 8.86. The van der Waals surface area contributed by atoms with Crippen molar-refractivity contribution in [2.75, 3.05) is 19.0 Å². The number of fused-ring (bicyclic) bond motifs is 5. The fraction of sp³-hybridized carbons (Fsp3) is 0.133. The van der Waals surface area contributed by atoms with Crippen molar-refractivity contribution >= 4 is 17.4 Å². The van der Waals surface area contributed by atoms with Crippen molar-refractivity contribution in [2.45, 2.75) is 12.1 Å². The molecule has 0 saturated heterocycles.